The van der Waals surface area contributed by atoms with Crippen LogP contribution in [0.25, 0.3) is 0 Å². The third kappa shape index (κ3) is 3.20. The zero-order chi connectivity index (χ0) is 13.9. The number of sulfone groups is 1. The summed E-state index contributed by atoms with van der Waals surface area (Å²) >= 11 is 0. The summed E-state index contributed by atoms with van der Waals surface area (Å²) in [5.41, 5.74) is 1.39. The van der Waals surface area contributed by atoms with Crippen molar-refractivity contribution in [2.24, 2.45) is 0 Å². The zero-order valence-corrected chi connectivity index (χ0v) is 11.9. The third-order valence-electron chi connectivity index (χ3n) is 3.28. The van der Waals surface area contributed by atoms with Gasteiger partial charge in [0.15, 0.2) is 0 Å². The van der Waals surface area contributed by atoms with Crippen LogP contribution in [0.1, 0.15) is 18.1 Å². The first-order valence-electron chi connectivity index (χ1n) is 6.05. The summed E-state index contributed by atoms with van der Waals surface area (Å²) < 4.78 is 23.6. The Morgan fingerprint density at radius 1 is 1.00 bits per heavy atom. The summed E-state index contributed by atoms with van der Waals surface area (Å²) in [5, 5.41) is 0. The van der Waals surface area contributed by atoms with Crippen LogP contribution in [0, 0.1) is 0 Å². The highest BCUT2D eigenvalue weighted by atomic mass is 32.2. The molecule has 0 saturated heterocycles. The zero-order valence-electron chi connectivity index (χ0n) is 11.1. The Bertz CT molecular complexity index is 597. The first kappa shape index (κ1) is 13.7. The SMILES string of the molecule is C[C@](CS(C)(=O)=O)(c1ccccc1)c1ccncc1. The number of benzene rings is 1. The van der Waals surface area contributed by atoms with E-state index < -0.39 is 15.3 Å². The van der Waals surface area contributed by atoms with Crippen LogP contribution in [-0.4, -0.2) is 25.4 Å². The molecule has 2 rings (SSSR count). The molecule has 1 atom stereocenters. The van der Waals surface area contributed by atoms with Gasteiger partial charge in [-0.15, -0.1) is 0 Å². The molecule has 0 aliphatic heterocycles. The maximum Gasteiger partial charge on any atom is 0.148 e. The predicted molar refractivity (Wildman–Crippen MR) is 76.8 cm³/mol. The van der Waals surface area contributed by atoms with Crippen molar-refractivity contribution < 1.29 is 8.42 Å². The molecule has 0 N–H and O–H groups in total. The van der Waals surface area contributed by atoms with E-state index in [2.05, 4.69) is 4.98 Å². The fraction of sp³-hybridized carbons (Fsp3) is 0.267. The molecule has 1 aromatic heterocycles. The molecule has 100 valence electrons. The average molecular weight is 275 g/mol. The first-order valence-corrected chi connectivity index (χ1v) is 8.12. The summed E-state index contributed by atoms with van der Waals surface area (Å²) in [7, 11) is -3.10. The van der Waals surface area contributed by atoms with Gasteiger partial charge in [-0.25, -0.2) is 8.42 Å². The minimum Gasteiger partial charge on any atom is -0.265 e. The summed E-state index contributed by atoms with van der Waals surface area (Å²) in [4.78, 5) is 4.00. The molecular formula is C15H17NO2S. The largest absolute Gasteiger partial charge is 0.265 e. The van der Waals surface area contributed by atoms with E-state index in [4.69, 9.17) is 0 Å². The van der Waals surface area contributed by atoms with Crippen molar-refractivity contribution in [3.63, 3.8) is 0 Å². The molecule has 1 aromatic carbocycles. The number of hydrogen-bond acceptors (Lipinski definition) is 3. The molecule has 0 aliphatic carbocycles. The van der Waals surface area contributed by atoms with Crippen LogP contribution in [0.4, 0.5) is 0 Å². The minimum absolute atomic E-state index is 0.0774. The van der Waals surface area contributed by atoms with Gasteiger partial charge in [0.25, 0.3) is 0 Å². The van der Waals surface area contributed by atoms with Crippen molar-refractivity contribution in [2.45, 2.75) is 12.3 Å². The van der Waals surface area contributed by atoms with Crippen molar-refractivity contribution in [1.29, 1.82) is 0 Å². The number of rotatable bonds is 4. The van der Waals surface area contributed by atoms with Gasteiger partial charge in [-0.2, -0.15) is 0 Å². The highest BCUT2D eigenvalue weighted by Gasteiger charge is 2.32. The molecule has 1 heterocycles. The lowest BCUT2D eigenvalue weighted by atomic mass is 9.78. The molecule has 3 nitrogen and oxygen atoms in total. The summed E-state index contributed by atoms with van der Waals surface area (Å²) in [5.74, 6) is 0.0774. The van der Waals surface area contributed by atoms with Crippen LogP contribution in [0.2, 0.25) is 0 Å². The van der Waals surface area contributed by atoms with Crippen LogP contribution in [-0.2, 0) is 15.3 Å². The van der Waals surface area contributed by atoms with E-state index in [0.29, 0.717) is 0 Å². The van der Waals surface area contributed by atoms with E-state index in [-0.39, 0.29) is 5.75 Å². The second kappa shape index (κ2) is 5.13. The molecule has 0 spiro atoms. The van der Waals surface area contributed by atoms with Crippen molar-refractivity contribution in [3.05, 3.63) is 66.0 Å². The van der Waals surface area contributed by atoms with E-state index in [0.717, 1.165) is 11.1 Å². The Hall–Kier alpha value is -1.68. The van der Waals surface area contributed by atoms with Gasteiger partial charge in [0, 0.05) is 24.1 Å². The van der Waals surface area contributed by atoms with E-state index >= 15 is 0 Å². The van der Waals surface area contributed by atoms with Gasteiger partial charge < -0.3 is 0 Å². The van der Waals surface area contributed by atoms with Crippen LogP contribution in [0.3, 0.4) is 0 Å². The van der Waals surface area contributed by atoms with Crippen molar-refractivity contribution in [3.8, 4) is 0 Å². The fourth-order valence-corrected chi connectivity index (χ4v) is 3.77. The van der Waals surface area contributed by atoms with Gasteiger partial charge in [-0.3, -0.25) is 4.98 Å². The topological polar surface area (TPSA) is 47.0 Å². The third-order valence-corrected chi connectivity index (χ3v) is 4.38. The highest BCUT2D eigenvalue weighted by Crippen LogP contribution is 2.32. The molecule has 2 aromatic rings. The molecule has 0 amide bonds. The molecule has 0 fully saturated rings. The van der Waals surface area contributed by atoms with E-state index in [9.17, 15) is 8.42 Å². The van der Waals surface area contributed by atoms with Gasteiger partial charge in [0.2, 0.25) is 0 Å². The smallest absolute Gasteiger partial charge is 0.148 e. The van der Waals surface area contributed by atoms with Gasteiger partial charge in [-0.1, -0.05) is 37.3 Å². The van der Waals surface area contributed by atoms with Crippen molar-refractivity contribution in [2.75, 3.05) is 12.0 Å². The summed E-state index contributed by atoms with van der Waals surface area (Å²) in [6.07, 6.45) is 4.66. The Kier molecular flexibility index (Phi) is 3.71. The van der Waals surface area contributed by atoms with Crippen LogP contribution in [0.15, 0.2) is 54.9 Å². The maximum absolute atomic E-state index is 11.8. The summed E-state index contributed by atoms with van der Waals surface area (Å²) in [6, 6.07) is 13.5. The Labute approximate surface area is 114 Å². The minimum atomic E-state index is -3.10. The quantitative estimate of drug-likeness (QED) is 0.861. The molecule has 0 radical (unpaired) electrons. The predicted octanol–water partition coefficient (Wildman–Crippen LogP) is 2.43. The first-order chi connectivity index (χ1) is 8.92. The van der Waals surface area contributed by atoms with E-state index in [1.54, 1.807) is 12.4 Å². The van der Waals surface area contributed by atoms with Gasteiger partial charge in [0.1, 0.15) is 9.84 Å². The van der Waals surface area contributed by atoms with E-state index in [1.807, 2.05) is 49.4 Å². The number of nitrogens with zero attached hydrogens (tertiary/aromatic N) is 1. The lowest BCUT2D eigenvalue weighted by molar-refractivity contribution is 0.571. The van der Waals surface area contributed by atoms with Crippen LogP contribution in [0.5, 0.6) is 0 Å². The van der Waals surface area contributed by atoms with Crippen molar-refractivity contribution >= 4 is 9.84 Å². The second-order valence-electron chi connectivity index (χ2n) is 5.00. The summed E-state index contributed by atoms with van der Waals surface area (Å²) in [6.45, 7) is 1.96. The Balaban J connectivity index is 2.57. The molecule has 19 heavy (non-hydrogen) atoms. The lowest BCUT2D eigenvalue weighted by Crippen LogP contribution is -2.32. The molecule has 0 bridgehead atoms. The fourth-order valence-electron chi connectivity index (χ4n) is 2.38. The second-order valence-corrected chi connectivity index (χ2v) is 7.14. The average Bonchev–Trinajstić information content (AvgIpc) is 2.39. The molecule has 4 heteroatoms. The lowest BCUT2D eigenvalue weighted by Gasteiger charge is -2.30. The van der Waals surface area contributed by atoms with Crippen LogP contribution < -0.4 is 0 Å². The highest BCUT2D eigenvalue weighted by molar-refractivity contribution is 7.90. The Morgan fingerprint density at radius 2 is 1.53 bits per heavy atom. The molecule has 0 unspecified atom stereocenters. The van der Waals surface area contributed by atoms with Gasteiger partial charge in [0.05, 0.1) is 5.75 Å². The van der Waals surface area contributed by atoms with Gasteiger partial charge in [-0.05, 0) is 23.3 Å². The molecular weight excluding hydrogens is 258 g/mol. The van der Waals surface area contributed by atoms with Crippen molar-refractivity contribution in [1.82, 2.24) is 4.98 Å². The van der Waals surface area contributed by atoms with Crippen LogP contribution >= 0.6 is 0 Å². The number of aromatic nitrogens is 1. The number of pyridine rings is 1. The Morgan fingerprint density at radius 3 is 2.05 bits per heavy atom. The normalized spacial score (nSPS) is 14.8. The van der Waals surface area contributed by atoms with Gasteiger partial charge >= 0.3 is 0 Å². The monoisotopic (exact) mass is 275 g/mol. The van der Waals surface area contributed by atoms with E-state index in [1.165, 1.54) is 6.26 Å². The number of hydrogen-bond donors (Lipinski definition) is 0. The molecule has 0 aliphatic rings. The standard InChI is InChI=1S/C15H17NO2S/c1-15(12-19(2,17)18,13-6-4-3-5-7-13)14-8-10-16-11-9-14/h3-11H,12H2,1-2H3/t15-/m0/s1. The molecule has 0 saturated carbocycles. The maximum atomic E-state index is 11.8.